The molecule has 120 valence electrons. The van der Waals surface area contributed by atoms with Crippen LogP contribution in [0.3, 0.4) is 0 Å². The Labute approximate surface area is 137 Å². The monoisotopic (exact) mass is 323 g/mol. The number of Topliss-reactive ketones (excluding diaryl/α,β-unsaturated/α-hetero) is 1. The van der Waals surface area contributed by atoms with Crippen LogP contribution in [0.15, 0.2) is 42.5 Å². The van der Waals surface area contributed by atoms with Crippen molar-refractivity contribution in [3.05, 3.63) is 64.7 Å². The van der Waals surface area contributed by atoms with Gasteiger partial charge in [0.05, 0.1) is 22.4 Å². The number of nitrogens with zero attached hydrogens (tertiary/aromatic N) is 1. The Hall–Kier alpha value is -3.28. The first-order valence-corrected chi connectivity index (χ1v) is 7.33. The second-order valence-corrected chi connectivity index (χ2v) is 5.33. The van der Waals surface area contributed by atoms with Gasteiger partial charge in [-0.15, -0.1) is 0 Å². The second kappa shape index (κ2) is 5.73. The minimum absolute atomic E-state index is 0.0324. The van der Waals surface area contributed by atoms with Gasteiger partial charge in [0.25, 0.3) is 11.8 Å². The molecule has 0 spiro atoms. The minimum Gasteiger partial charge on any atom is -0.478 e. The van der Waals surface area contributed by atoms with Crippen molar-refractivity contribution < 1.29 is 24.3 Å². The Kier molecular flexibility index (Phi) is 3.73. The molecule has 0 aliphatic carbocycles. The lowest BCUT2D eigenvalue weighted by Gasteiger charge is -2.14. The molecular weight excluding hydrogens is 310 g/mol. The largest absolute Gasteiger partial charge is 0.478 e. The maximum absolute atomic E-state index is 12.5. The van der Waals surface area contributed by atoms with E-state index in [1.165, 1.54) is 30.3 Å². The smallest absolute Gasteiger partial charge is 0.335 e. The van der Waals surface area contributed by atoms with Crippen LogP contribution < -0.4 is 4.90 Å². The molecule has 2 aromatic carbocycles. The molecule has 2 aromatic rings. The summed E-state index contributed by atoms with van der Waals surface area (Å²) in [6, 6.07) is 10.0. The summed E-state index contributed by atoms with van der Waals surface area (Å²) >= 11 is 0. The first kappa shape index (κ1) is 15.6. The molecule has 1 heterocycles. The molecule has 0 saturated carbocycles. The number of carboxylic acid groups (broad SMARTS) is 1. The van der Waals surface area contributed by atoms with E-state index in [9.17, 15) is 19.2 Å². The van der Waals surface area contributed by atoms with Crippen molar-refractivity contribution in [2.45, 2.75) is 13.3 Å². The molecular formula is C18H13NO5. The van der Waals surface area contributed by atoms with Crippen molar-refractivity contribution in [2.24, 2.45) is 0 Å². The Balaban J connectivity index is 1.99. The molecule has 0 bridgehead atoms. The van der Waals surface area contributed by atoms with Gasteiger partial charge in [-0.1, -0.05) is 6.92 Å². The van der Waals surface area contributed by atoms with Crippen molar-refractivity contribution in [1.82, 2.24) is 0 Å². The van der Waals surface area contributed by atoms with Gasteiger partial charge in [-0.2, -0.15) is 0 Å². The fourth-order valence-electron chi connectivity index (χ4n) is 2.61. The number of imide groups is 1. The number of carbonyl (C=O) groups excluding carboxylic acids is 3. The Morgan fingerprint density at radius 1 is 0.917 bits per heavy atom. The standard InChI is InChI=1S/C18H13NO5/c1-2-15(20)10-3-6-12(7-4-10)19-16(21)13-8-5-11(18(23)24)9-14(13)17(19)22/h3-9H,2H2,1H3,(H,23,24). The molecule has 0 unspecified atom stereocenters. The predicted octanol–water partition coefficient (Wildman–Crippen LogP) is 2.78. The molecule has 1 aliphatic rings. The number of rotatable bonds is 4. The number of benzene rings is 2. The van der Waals surface area contributed by atoms with Gasteiger partial charge in [0.15, 0.2) is 5.78 Å². The molecule has 0 radical (unpaired) electrons. The van der Waals surface area contributed by atoms with Gasteiger partial charge >= 0.3 is 5.97 Å². The number of hydrogen-bond acceptors (Lipinski definition) is 4. The van der Waals surface area contributed by atoms with Gasteiger partial charge in [0, 0.05) is 12.0 Å². The topological polar surface area (TPSA) is 91.8 Å². The summed E-state index contributed by atoms with van der Waals surface area (Å²) in [5.74, 6) is -2.29. The van der Waals surface area contributed by atoms with E-state index in [-0.39, 0.29) is 22.5 Å². The first-order chi connectivity index (χ1) is 11.4. The highest BCUT2D eigenvalue weighted by Crippen LogP contribution is 2.29. The lowest BCUT2D eigenvalue weighted by atomic mass is 10.1. The van der Waals surface area contributed by atoms with Gasteiger partial charge in [-0.25, -0.2) is 9.69 Å². The van der Waals surface area contributed by atoms with Gasteiger partial charge < -0.3 is 5.11 Å². The van der Waals surface area contributed by atoms with E-state index in [4.69, 9.17) is 5.11 Å². The molecule has 2 amide bonds. The summed E-state index contributed by atoms with van der Waals surface area (Å²) < 4.78 is 0. The predicted molar refractivity (Wildman–Crippen MR) is 85.6 cm³/mol. The SMILES string of the molecule is CCC(=O)c1ccc(N2C(=O)c3ccc(C(=O)O)cc3C2=O)cc1. The fourth-order valence-corrected chi connectivity index (χ4v) is 2.61. The number of aromatic carboxylic acids is 1. The van der Waals surface area contributed by atoms with Crippen LogP contribution >= 0.6 is 0 Å². The maximum atomic E-state index is 12.5. The third-order valence-electron chi connectivity index (χ3n) is 3.90. The molecule has 6 heteroatoms. The zero-order valence-electron chi connectivity index (χ0n) is 12.8. The summed E-state index contributed by atoms with van der Waals surface area (Å²) in [5, 5.41) is 9.02. The number of fused-ring (bicyclic) bond motifs is 1. The molecule has 0 atom stereocenters. The van der Waals surface area contributed by atoms with Crippen molar-refractivity contribution in [3.8, 4) is 0 Å². The average Bonchev–Trinajstić information content (AvgIpc) is 2.85. The number of anilines is 1. The van der Waals surface area contributed by atoms with Crippen LogP contribution in [0.5, 0.6) is 0 Å². The normalized spacial score (nSPS) is 13.1. The Morgan fingerprint density at radius 3 is 2.08 bits per heavy atom. The molecule has 0 aromatic heterocycles. The minimum atomic E-state index is -1.17. The van der Waals surface area contributed by atoms with Crippen LogP contribution in [0.4, 0.5) is 5.69 Å². The van der Waals surface area contributed by atoms with Crippen LogP contribution in [-0.4, -0.2) is 28.7 Å². The number of ketones is 1. The van der Waals surface area contributed by atoms with Crippen LogP contribution in [0.25, 0.3) is 0 Å². The Bertz CT molecular complexity index is 883. The zero-order chi connectivity index (χ0) is 17.4. The summed E-state index contributed by atoms with van der Waals surface area (Å²) in [4.78, 5) is 48.6. The van der Waals surface area contributed by atoms with Crippen molar-refractivity contribution >= 4 is 29.3 Å². The van der Waals surface area contributed by atoms with E-state index in [0.717, 1.165) is 4.90 Å². The van der Waals surface area contributed by atoms with E-state index >= 15 is 0 Å². The number of carbonyl (C=O) groups is 4. The van der Waals surface area contributed by atoms with E-state index in [2.05, 4.69) is 0 Å². The highest BCUT2D eigenvalue weighted by molar-refractivity contribution is 6.34. The lowest BCUT2D eigenvalue weighted by molar-refractivity contribution is 0.0696. The highest BCUT2D eigenvalue weighted by Gasteiger charge is 2.37. The van der Waals surface area contributed by atoms with Gasteiger partial charge in [-0.05, 0) is 42.5 Å². The maximum Gasteiger partial charge on any atom is 0.335 e. The third-order valence-corrected chi connectivity index (χ3v) is 3.90. The molecule has 6 nitrogen and oxygen atoms in total. The summed E-state index contributed by atoms with van der Waals surface area (Å²) in [6.07, 6.45) is 0.365. The van der Waals surface area contributed by atoms with Gasteiger partial charge in [0.1, 0.15) is 0 Å². The van der Waals surface area contributed by atoms with Crippen molar-refractivity contribution in [3.63, 3.8) is 0 Å². The van der Waals surface area contributed by atoms with Crippen LogP contribution in [-0.2, 0) is 0 Å². The quantitative estimate of drug-likeness (QED) is 0.690. The third kappa shape index (κ3) is 2.38. The lowest BCUT2D eigenvalue weighted by Crippen LogP contribution is -2.29. The second-order valence-electron chi connectivity index (χ2n) is 5.33. The Morgan fingerprint density at radius 2 is 1.50 bits per heavy atom. The van der Waals surface area contributed by atoms with E-state index < -0.39 is 17.8 Å². The van der Waals surface area contributed by atoms with Crippen molar-refractivity contribution in [2.75, 3.05) is 4.90 Å². The summed E-state index contributed by atoms with van der Waals surface area (Å²) in [5.41, 5.74) is 1.02. The summed E-state index contributed by atoms with van der Waals surface area (Å²) in [7, 11) is 0. The molecule has 3 rings (SSSR count). The molecule has 0 fully saturated rings. The van der Waals surface area contributed by atoms with Crippen LogP contribution in [0.1, 0.15) is 54.8 Å². The first-order valence-electron chi connectivity index (χ1n) is 7.33. The van der Waals surface area contributed by atoms with E-state index in [0.29, 0.717) is 17.7 Å². The highest BCUT2D eigenvalue weighted by atomic mass is 16.4. The number of hydrogen-bond donors (Lipinski definition) is 1. The molecule has 1 aliphatic heterocycles. The van der Waals surface area contributed by atoms with E-state index in [1.807, 2.05) is 0 Å². The van der Waals surface area contributed by atoms with Crippen molar-refractivity contribution in [1.29, 1.82) is 0 Å². The number of amides is 2. The molecule has 24 heavy (non-hydrogen) atoms. The zero-order valence-corrected chi connectivity index (χ0v) is 12.8. The number of carboxylic acids is 1. The fraction of sp³-hybridized carbons (Fsp3) is 0.111. The van der Waals surface area contributed by atoms with Crippen LogP contribution in [0.2, 0.25) is 0 Å². The molecule has 0 saturated heterocycles. The van der Waals surface area contributed by atoms with Gasteiger partial charge in [-0.3, -0.25) is 14.4 Å². The molecule has 1 N–H and O–H groups in total. The van der Waals surface area contributed by atoms with Gasteiger partial charge in [0.2, 0.25) is 0 Å². The average molecular weight is 323 g/mol. The summed E-state index contributed by atoms with van der Waals surface area (Å²) in [6.45, 7) is 1.75. The van der Waals surface area contributed by atoms with Crippen LogP contribution in [0, 0.1) is 0 Å². The van der Waals surface area contributed by atoms with E-state index in [1.54, 1.807) is 19.1 Å².